The molecular formula is C21H22N2O4. The lowest BCUT2D eigenvalue weighted by molar-refractivity contribution is -0.142. The van der Waals surface area contributed by atoms with Gasteiger partial charge in [0.25, 0.3) is 5.91 Å². The lowest BCUT2D eigenvalue weighted by Crippen LogP contribution is -2.54. The number of rotatable bonds is 8. The Kier molecular flexibility index (Phi) is 6.95. The summed E-state index contributed by atoms with van der Waals surface area (Å²) in [4.78, 5) is 36.6. The molecule has 6 heteroatoms. The van der Waals surface area contributed by atoms with E-state index in [1.807, 2.05) is 0 Å². The van der Waals surface area contributed by atoms with Crippen molar-refractivity contribution < 1.29 is 19.5 Å². The van der Waals surface area contributed by atoms with Gasteiger partial charge < -0.3 is 15.7 Å². The Morgan fingerprint density at radius 1 is 1.04 bits per heavy atom. The molecule has 2 aromatic rings. The maximum Gasteiger partial charge on any atom is 0.326 e. The second kappa shape index (κ2) is 9.39. The van der Waals surface area contributed by atoms with Crippen molar-refractivity contribution in [2.24, 2.45) is 5.92 Å². The van der Waals surface area contributed by atoms with Crippen LogP contribution in [0.3, 0.4) is 0 Å². The fourth-order valence-corrected chi connectivity index (χ4v) is 2.54. The largest absolute Gasteiger partial charge is 0.480 e. The third kappa shape index (κ3) is 5.86. The number of nitrogens with one attached hydrogen (secondary N) is 2. The van der Waals surface area contributed by atoms with Crippen LogP contribution < -0.4 is 10.6 Å². The van der Waals surface area contributed by atoms with Crippen molar-refractivity contribution in [3.8, 4) is 0 Å². The first kappa shape index (κ1) is 20.0. The van der Waals surface area contributed by atoms with Crippen molar-refractivity contribution >= 4 is 17.8 Å². The van der Waals surface area contributed by atoms with Crippen LogP contribution in [0.15, 0.2) is 48.5 Å². The molecule has 0 saturated heterocycles. The third-order valence-electron chi connectivity index (χ3n) is 4.02. The van der Waals surface area contributed by atoms with Gasteiger partial charge in [-0.15, -0.1) is 0 Å². The van der Waals surface area contributed by atoms with Gasteiger partial charge in [-0.25, -0.2) is 4.79 Å². The van der Waals surface area contributed by atoms with Crippen molar-refractivity contribution in [3.63, 3.8) is 0 Å². The fourth-order valence-electron chi connectivity index (χ4n) is 2.54. The third-order valence-corrected chi connectivity index (χ3v) is 4.02. The van der Waals surface area contributed by atoms with Crippen LogP contribution in [0.4, 0.5) is 0 Å². The van der Waals surface area contributed by atoms with Gasteiger partial charge in [0.1, 0.15) is 12.1 Å². The van der Waals surface area contributed by atoms with E-state index in [2.05, 4.69) is 22.8 Å². The molecule has 0 fully saturated rings. The zero-order chi connectivity index (χ0) is 19.8. The molecule has 0 radical (unpaired) electrons. The van der Waals surface area contributed by atoms with Crippen molar-refractivity contribution in [1.29, 1.82) is 0 Å². The van der Waals surface area contributed by atoms with Crippen molar-refractivity contribution in [3.05, 3.63) is 71.8 Å². The van der Waals surface area contributed by atoms with Gasteiger partial charge in [-0.3, -0.25) is 9.59 Å². The predicted molar refractivity (Wildman–Crippen MR) is 99.9 cm³/mol. The van der Waals surface area contributed by atoms with Crippen LogP contribution in [-0.4, -0.2) is 35.0 Å². The number of carbonyl (C=O) groups is 3. The molecule has 2 atom stereocenters. The molecule has 0 spiro atoms. The standard InChI is InChI=1S/C21H22N2O4/c1-14(2)18(23-19(24)16-11-7-4-8-12-16)20(25)22-17(21(26)27)13-15-9-5-3-6-10-15/h3-5,7-9,11-12,14,17-18H,13H2,1-2H3,(H,22,25)(H,23,24)(H,26,27)/t17-,18-/m0/s1. The van der Waals surface area contributed by atoms with Gasteiger partial charge in [0.15, 0.2) is 0 Å². The molecule has 0 aliphatic heterocycles. The van der Waals surface area contributed by atoms with Crippen molar-refractivity contribution in [1.82, 2.24) is 10.6 Å². The molecule has 2 aromatic carbocycles. The second-order valence-electron chi connectivity index (χ2n) is 6.49. The molecule has 0 saturated carbocycles. The number of hydrogen-bond donors (Lipinski definition) is 3. The van der Waals surface area contributed by atoms with E-state index in [0.29, 0.717) is 11.1 Å². The molecule has 3 N–H and O–H groups in total. The summed E-state index contributed by atoms with van der Waals surface area (Å²) in [5.74, 6) is -2.30. The van der Waals surface area contributed by atoms with Gasteiger partial charge in [-0.1, -0.05) is 50.2 Å². The van der Waals surface area contributed by atoms with Gasteiger partial charge in [0.05, 0.1) is 0 Å². The number of carbonyl (C=O) groups excluding carboxylic acids is 2. The summed E-state index contributed by atoms with van der Waals surface area (Å²) in [6.07, 6.45) is 0.0792. The minimum Gasteiger partial charge on any atom is -0.480 e. The Balaban J connectivity index is 2.08. The lowest BCUT2D eigenvalue weighted by atomic mass is 10.0. The monoisotopic (exact) mass is 366 g/mol. The molecule has 0 aliphatic rings. The molecule has 0 unspecified atom stereocenters. The van der Waals surface area contributed by atoms with Crippen LogP contribution >= 0.6 is 0 Å². The average molecular weight is 366 g/mol. The summed E-state index contributed by atoms with van der Waals surface area (Å²) in [5.41, 5.74) is 1.06. The topological polar surface area (TPSA) is 95.5 Å². The van der Waals surface area contributed by atoms with E-state index in [4.69, 9.17) is 0 Å². The van der Waals surface area contributed by atoms with Crippen LogP contribution in [0.5, 0.6) is 0 Å². The SMILES string of the molecule is CC(C)[C@H](NC(=O)c1ccccc1)C(=O)N[C@@H](Cc1c#cccc1)C(=O)O. The average Bonchev–Trinajstić information content (AvgIpc) is 2.66. The first-order chi connectivity index (χ1) is 12.9. The summed E-state index contributed by atoms with van der Waals surface area (Å²) >= 11 is 0. The smallest absolute Gasteiger partial charge is 0.326 e. The van der Waals surface area contributed by atoms with E-state index in [-0.39, 0.29) is 18.2 Å². The van der Waals surface area contributed by atoms with Gasteiger partial charge in [-0.2, -0.15) is 0 Å². The molecule has 2 rings (SSSR count). The van der Waals surface area contributed by atoms with Crippen LogP contribution in [0.2, 0.25) is 0 Å². The van der Waals surface area contributed by atoms with Crippen LogP contribution in [0, 0.1) is 18.1 Å². The summed E-state index contributed by atoms with van der Waals surface area (Å²) in [5, 5.41) is 14.6. The van der Waals surface area contributed by atoms with E-state index >= 15 is 0 Å². The number of benzene rings is 1. The number of carboxylic acid groups (broad SMARTS) is 1. The normalized spacial score (nSPS) is 12.6. The van der Waals surface area contributed by atoms with Crippen molar-refractivity contribution in [2.45, 2.75) is 32.4 Å². The van der Waals surface area contributed by atoms with Gasteiger partial charge >= 0.3 is 5.97 Å². The lowest BCUT2D eigenvalue weighted by Gasteiger charge is -2.24. The zero-order valence-electron chi connectivity index (χ0n) is 15.2. The van der Waals surface area contributed by atoms with E-state index in [1.54, 1.807) is 62.4 Å². The molecule has 0 heterocycles. The Morgan fingerprint density at radius 2 is 1.74 bits per heavy atom. The minimum absolute atomic E-state index is 0.0792. The highest BCUT2D eigenvalue weighted by Crippen LogP contribution is 2.07. The summed E-state index contributed by atoms with van der Waals surface area (Å²) in [6, 6.07) is 17.2. The highest BCUT2D eigenvalue weighted by atomic mass is 16.4. The first-order valence-electron chi connectivity index (χ1n) is 8.65. The van der Waals surface area contributed by atoms with E-state index in [1.165, 1.54) is 0 Å². The number of carboxylic acids is 1. The predicted octanol–water partition coefficient (Wildman–Crippen LogP) is 1.85. The van der Waals surface area contributed by atoms with Crippen LogP contribution in [0.25, 0.3) is 0 Å². The summed E-state index contributed by atoms with van der Waals surface area (Å²) in [6.45, 7) is 3.57. The quantitative estimate of drug-likeness (QED) is 0.664. The molecule has 0 aromatic heterocycles. The fraction of sp³-hybridized carbons (Fsp3) is 0.286. The Morgan fingerprint density at radius 3 is 2.30 bits per heavy atom. The summed E-state index contributed by atoms with van der Waals surface area (Å²) in [7, 11) is 0. The van der Waals surface area contributed by atoms with Crippen LogP contribution in [0.1, 0.15) is 29.8 Å². The highest BCUT2D eigenvalue weighted by Gasteiger charge is 2.29. The Bertz CT molecular complexity index is 775. The van der Waals surface area contributed by atoms with Crippen LogP contribution in [-0.2, 0) is 16.0 Å². The minimum atomic E-state index is -1.16. The van der Waals surface area contributed by atoms with E-state index in [0.717, 1.165) is 0 Å². The summed E-state index contributed by atoms with van der Waals surface area (Å²) < 4.78 is 0. The number of hydrogen-bond acceptors (Lipinski definition) is 3. The van der Waals surface area contributed by atoms with Gasteiger partial charge in [-0.05, 0) is 30.2 Å². The van der Waals surface area contributed by atoms with Gasteiger partial charge in [0, 0.05) is 17.5 Å². The molecule has 6 nitrogen and oxygen atoms in total. The molecule has 27 heavy (non-hydrogen) atoms. The van der Waals surface area contributed by atoms with Crippen molar-refractivity contribution in [2.75, 3.05) is 0 Å². The van der Waals surface area contributed by atoms with E-state index < -0.39 is 24.0 Å². The molecule has 140 valence electrons. The van der Waals surface area contributed by atoms with Gasteiger partial charge in [0.2, 0.25) is 5.91 Å². The molecular weight excluding hydrogens is 344 g/mol. The molecule has 0 aliphatic carbocycles. The second-order valence-corrected chi connectivity index (χ2v) is 6.49. The van der Waals surface area contributed by atoms with E-state index in [9.17, 15) is 19.5 Å². The Labute approximate surface area is 158 Å². The maximum absolute atomic E-state index is 12.6. The molecule has 2 amide bonds. The maximum atomic E-state index is 12.6. The number of aliphatic carboxylic acids is 1. The Hall–Kier alpha value is -3.33. The molecule has 0 bridgehead atoms. The first-order valence-corrected chi connectivity index (χ1v) is 8.65. The highest BCUT2D eigenvalue weighted by molar-refractivity contribution is 5.98. The zero-order valence-corrected chi connectivity index (χ0v) is 15.2. The number of amides is 2.